The van der Waals surface area contributed by atoms with Crippen molar-refractivity contribution < 1.29 is 0 Å². The number of aromatic nitrogens is 2. The molecular weight excluding hydrogens is 238 g/mol. The highest BCUT2D eigenvalue weighted by molar-refractivity contribution is 6.20. The number of anilines is 1. The van der Waals surface area contributed by atoms with Crippen LogP contribution in [0.15, 0.2) is 17.2 Å². The first-order valence-corrected chi connectivity index (χ1v) is 6.41. The summed E-state index contributed by atoms with van der Waals surface area (Å²) in [4.78, 5) is 15.9. The molecule has 17 heavy (non-hydrogen) atoms. The van der Waals surface area contributed by atoms with Crippen LogP contribution >= 0.6 is 11.6 Å². The molecule has 5 heteroatoms. The quantitative estimate of drug-likeness (QED) is 0.796. The summed E-state index contributed by atoms with van der Waals surface area (Å²) in [6, 6.07) is 0. The average Bonchev–Trinajstić information content (AvgIpc) is 2.27. The number of halogens is 1. The van der Waals surface area contributed by atoms with Crippen molar-refractivity contribution in [1.82, 2.24) is 9.55 Å². The van der Waals surface area contributed by atoms with Crippen molar-refractivity contribution in [3.8, 4) is 0 Å². The lowest BCUT2D eigenvalue weighted by Crippen LogP contribution is -2.26. The van der Waals surface area contributed by atoms with E-state index in [1.54, 1.807) is 17.0 Å². The molecule has 0 aliphatic rings. The van der Waals surface area contributed by atoms with Gasteiger partial charge in [-0.15, -0.1) is 11.6 Å². The summed E-state index contributed by atoms with van der Waals surface area (Å²) in [7, 11) is 0. The third-order valence-electron chi connectivity index (χ3n) is 2.47. The van der Waals surface area contributed by atoms with Gasteiger partial charge in [-0.05, 0) is 19.3 Å². The molecule has 4 nitrogen and oxygen atoms in total. The number of hydrogen-bond donors (Lipinski definition) is 1. The maximum absolute atomic E-state index is 11.8. The maximum atomic E-state index is 11.8. The van der Waals surface area contributed by atoms with E-state index in [0.717, 1.165) is 6.42 Å². The smallest absolute Gasteiger partial charge is 0.293 e. The molecular formula is C12H20ClN3O. The molecule has 0 spiro atoms. The molecule has 0 saturated heterocycles. The monoisotopic (exact) mass is 257 g/mol. The normalized spacial score (nSPS) is 12.8. The second kappa shape index (κ2) is 6.64. The van der Waals surface area contributed by atoms with E-state index in [-0.39, 0.29) is 10.9 Å². The first-order valence-electron chi connectivity index (χ1n) is 5.98. The Morgan fingerprint density at radius 3 is 2.82 bits per heavy atom. The molecule has 0 amide bonds. The molecule has 1 N–H and O–H groups in total. The van der Waals surface area contributed by atoms with Crippen LogP contribution in [0.1, 0.15) is 27.2 Å². The number of nitrogens with zero attached hydrogens (tertiary/aromatic N) is 2. The SMILES string of the molecule is CCn1ccnc(NCC(Cl)CC(C)C)c1=O. The van der Waals surface area contributed by atoms with Gasteiger partial charge in [0.25, 0.3) is 5.56 Å². The van der Waals surface area contributed by atoms with Crippen LogP contribution < -0.4 is 10.9 Å². The van der Waals surface area contributed by atoms with Crippen LogP contribution in [-0.2, 0) is 6.54 Å². The fourth-order valence-electron chi connectivity index (χ4n) is 1.62. The Morgan fingerprint density at radius 2 is 2.24 bits per heavy atom. The standard InChI is InChI=1S/C12H20ClN3O/c1-4-16-6-5-14-11(12(16)17)15-8-10(13)7-9(2)3/h5-6,9-10H,4,7-8H2,1-3H3,(H,14,15). The zero-order chi connectivity index (χ0) is 12.8. The van der Waals surface area contributed by atoms with Crippen molar-refractivity contribution in [2.45, 2.75) is 39.1 Å². The lowest BCUT2D eigenvalue weighted by atomic mass is 10.1. The maximum Gasteiger partial charge on any atom is 0.293 e. The minimum atomic E-state index is -0.0941. The van der Waals surface area contributed by atoms with Crippen molar-refractivity contribution in [1.29, 1.82) is 0 Å². The van der Waals surface area contributed by atoms with Gasteiger partial charge < -0.3 is 9.88 Å². The van der Waals surface area contributed by atoms with Gasteiger partial charge in [0.15, 0.2) is 5.82 Å². The van der Waals surface area contributed by atoms with Gasteiger partial charge >= 0.3 is 0 Å². The number of nitrogens with one attached hydrogen (secondary N) is 1. The highest BCUT2D eigenvalue weighted by Crippen LogP contribution is 2.10. The lowest BCUT2D eigenvalue weighted by Gasteiger charge is -2.13. The molecule has 0 aliphatic heterocycles. The highest BCUT2D eigenvalue weighted by Gasteiger charge is 2.09. The molecule has 0 aliphatic carbocycles. The Hall–Kier alpha value is -1.03. The summed E-state index contributed by atoms with van der Waals surface area (Å²) in [5.74, 6) is 0.930. The van der Waals surface area contributed by atoms with Crippen LogP contribution in [0.25, 0.3) is 0 Å². The van der Waals surface area contributed by atoms with Gasteiger partial charge in [0.05, 0.1) is 5.38 Å². The number of aryl methyl sites for hydroxylation is 1. The van der Waals surface area contributed by atoms with Gasteiger partial charge in [-0.2, -0.15) is 0 Å². The topological polar surface area (TPSA) is 46.9 Å². The van der Waals surface area contributed by atoms with E-state index in [9.17, 15) is 4.79 Å². The second-order valence-corrected chi connectivity index (χ2v) is 5.09. The van der Waals surface area contributed by atoms with E-state index in [2.05, 4.69) is 24.1 Å². The average molecular weight is 258 g/mol. The number of rotatable bonds is 6. The summed E-state index contributed by atoms with van der Waals surface area (Å²) < 4.78 is 1.61. The van der Waals surface area contributed by atoms with Crippen molar-refractivity contribution >= 4 is 17.4 Å². The predicted molar refractivity (Wildman–Crippen MR) is 71.8 cm³/mol. The van der Waals surface area contributed by atoms with Crippen LogP contribution in [0.5, 0.6) is 0 Å². The molecule has 1 unspecified atom stereocenters. The van der Waals surface area contributed by atoms with Gasteiger partial charge in [-0.3, -0.25) is 4.79 Å². The van der Waals surface area contributed by atoms with Crippen LogP contribution in [-0.4, -0.2) is 21.5 Å². The van der Waals surface area contributed by atoms with Crippen molar-refractivity contribution in [3.05, 3.63) is 22.7 Å². The van der Waals surface area contributed by atoms with Gasteiger partial charge in [-0.1, -0.05) is 13.8 Å². The Morgan fingerprint density at radius 1 is 1.53 bits per heavy atom. The van der Waals surface area contributed by atoms with Crippen molar-refractivity contribution in [2.24, 2.45) is 5.92 Å². The van der Waals surface area contributed by atoms with Gasteiger partial charge in [0.1, 0.15) is 0 Å². The Bertz CT molecular complexity index is 403. The minimum Gasteiger partial charge on any atom is -0.364 e. The molecule has 0 radical (unpaired) electrons. The van der Waals surface area contributed by atoms with E-state index >= 15 is 0 Å². The molecule has 1 aromatic heterocycles. The highest BCUT2D eigenvalue weighted by atomic mass is 35.5. The summed E-state index contributed by atoms with van der Waals surface area (Å²) in [6.07, 6.45) is 4.22. The van der Waals surface area contributed by atoms with Gasteiger partial charge in [0.2, 0.25) is 0 Å². The van der Waals surface area contributed by atoms with Crippen molar-refractivity contribution in [3.63, 3.8) is 0 Å². The third-order valence-corrected chi connectivity index (χ3v) is 2.81. The minimum absolute atomic E-state index is 0.0199. The Labute approximate surface area is 107 Å². The largest absolute Gasteiger partial charge is 0.364 e. The number of alkyl halides is 1. The van der Waals surface area contributed by atoms with Gasteiger partial charge in [-0.25, -0.2) is 4.98 Å². The predicted octanol–water partition coefficient (Wildman–Crippen LogP) is 2.33. The zero-order valence-corrected chi connectivity index (χ0v) is 11.4. The summed E-state index contributed by atoms with van der Waals surface area (Å²) >= 11 is 6.15. The van der Waals surface area contributed by atoms with E-state index in [1.165, 1.54) is 0 Å². The molecule has 1 atom stereocenters. The van der Waals surface area contributed by atoms with Crippen LogP contribution in [0, 0.1) is 5.92 Å². The first kappa shape index (κ1) is 14.0. The number of hydrogen-bond acceptors (Lipinski definition) is 3. The zero-order valence-electron chi connectivity index (χ0n) is 10.6. The van der Waals surface area contributed by atoms with E-state index < -0.39 is 0 Å². The second-order valence-electron chi connectivity index (χ2n) is 4.47. The van der Waals surface area contributed by atoms with E-state index in [0.29, 0.717) is 24.8 Å². The van der Waals surface area contributed by atoms with Crippen LogP contribution in [0.2, 0.25) is 0 Å². The third kappa shape index (κ3) is 4.38. The molecule has 0 saturated carbocycles. The van der Waals surface area contributed by atoms with Crippen molar-refractivity contribution in [2.75, 3.05) is 11.9 Å². The molecule has 0 fully saturated rings. The molecule has 1 rings (SSSR count). The molecule has 0 bridgehead atoms. The molecule has 0 aromatic carbocycles. The first-order chi connectivity index (χ1) is 8.04. The van der Waals surface area contributed by atoms with Gasteiger partial charge in [0, 0.05) is 25.5 Å². The lowest BCUT2D eigenvalue weighted by molar-refractivity contribution is 0.571. The summed E-state index contributed by atoms with van der Waals surface area (Å²) in [6.45, 7) is 7.39. The Kier molecular flexibility index (Phi) is 5.48. The Balaban J connectivity index is 2.61. The molecule has 96 valence electrons. The van der Waals surface area contributed by atoms with E-state index in [4.69, 9.17) is 11.6 Å². The molecule has 1 heterocycles. The van der Waals surface area contributed by atoms with Crippen LogP contribution in [0.4, 0.5) is 5.82 Å². The fourth-order valence-corrected chi connectivity index (χ4v) is 2.05. The fraction of sp³-hybridized carbons (Fsp3) is 0.667. The summed E-state index contributed by atoms with van der Waals surface area (Å²) in [5.41, 5.74) is -0.0941. The van der Waals surface area contributed by atoms with Crippen LogP contribution in [0.3, 0.4) is 0 Å². The van der Waals surface area contributed by atoms with E-state index in [1.807, 2.05) is 6.92 Å². The summed E-state index contributed by atoms with van der Waals surface area (Å²) in [5, 5.41) is 3.04. The molecule has 1 aromatic rings.